The van der Waals surface area contributed by atoms with Crippen molar-refractivity contribution in [2.45, 2.75) is 6.92 Å². The van der Waals surface area contributed by atoms with Crippen molar-refractivity contribution < 1.29 is 0 Å². The van der Waals surface area contributed by atoms with Gasteiger partial charge in [-0.1, -0.05) is 109 Å². The summed E-state index contributed by atoms with van der Waals surface area (Å²) in [6, 6.07) is 52.8. The Morgan fingerprint density at radius 3 is 1.79 bits per heavy atom. The zero-order chi connectivity index (χ0) is 25.5. The first kappa shape index (κ1) is 22.3. The van der Waals surface area contributed by atoms with E-state index in [0.29, 0.717) is 0 Å². The van der Waals surface area contributed by atoms with E-state index in [-0.39, 0.29) is 0 Å². The lowest BCUT2D eigenvalue weighted by molar-refractivity contribution is 1.29. The molecule has 0 fully saturated rings. The predicted octanol–water partition coefficient (Wildman–Crippen LogP) is 10.6. The molecule has 0 atom stereocenters. The average Bonchev–Trinajstić information content (AvgIpc) is 2.97. The number of hydrogen-bond donors (Lipinski definition) is 0. The summed E-state index contributed by atoms with van der Waals surface area (Å²) < 4.78 is 0. The van der Waals surface area contributed by atoms with E-state index in [1.165, 1.54) is 54.7 Å². The number of aryl methyl sites for hydroxylation is 1. The molecule has 1 nitrogen and oxygen atoms in total. The number of nitrogens with zero attached hydrogens (tertiary/aromatic N) is 1. The molecule has 7 aromatic carbocycles. The van der Waals surface area contributed by atoms with Crippen LogP contribution in [0, 0.1) is 6.92 Å². The molecule has 0 unspecified atom stereocenters. The molecule has 0 aromatic heterocycles. The monoisotopic (exact) mass is 485 g/mol. The van der Waals surface area contributed by atoms with Gasteiger partial charge < -0.3 is 4.90 Å². The van der Waals surface area contributed by atoms with E-state index < -0.39 is 0 Å². The molecule has 7 aromatic rings. The quantitative estimate of drug-likeness (QED) is 0.240. The van der Waals surface area contributed by atoms with Crippen molar-refractivity contribution in [3.05, 3.63) is 151 Å². The van der Waals surface area contributed by atoms with Crippen molar-refractivity contribution in [2.75, 3.05) is 4.90 Å². The van der Waals surface area contributed by atoms with Gasteiger partial charge in [0, 0.05) is 16.8 Å². The summed E-state index contributed by atoms with van der Waals surface area (Å²) in [7, 11) is 0. The number of rotatable bonds is 4. The highest BCUT2D eigenvalue weighted by molar-refractivity contribution is 6.09. The Kier molecular flexibility index (Phi) is 5.41. The highest BCUT2D eigenvalue weighted by atomic mass is 15.1. The van der Waals surface area contributed by atoms with Crippen molar-refractivity contribution >= 4 is 49.4 Å². The summed E-state index contributed by atoms with van der Waals surface area (Å²) in [6.07, 6.45) is 0. The molecule has 7 rings (SSSR count). The predicted molar refractivity (Wildman–Crippen MR) is 164 cm³/mol. The van der Waals surface area contributed by atoms with Gasteiger partial charge in [-0.25, -0.2) is 0 Å². The summed E-state index contributed by atoms with van der Waals surface area (Å²) in [5.74, 6) is 0. The molecule has 0 heterocycles. The average molecular weight is 486 g/mol. The van der Waals surface area contributed by atoms with Crippen LogP contribution >= 0.6 is 0 Å². The molecule has 0 saturated heterocycles. The summed E-state index contributed by atoms with van der Waals surface area (Å²) in [4.78, 5) is 2.41. The lowest BCUT2D eigenvalue weighted by atomic mass is 9.94. The maximum atomic E-state index is 2.41. The zero-order valence-electron chi connectivity index (χ0n) is 21.3. The number of fused-ring (bicyclic) bond motifs is 3. The zero-order valence-corrected chi connectivity index (χ0v) is 21.3. The summed E-state index contributed by atoms with van der Waals surface area (Å²) in [5, 5.41) is 7.47. The van der Waals surface area contributed by atoms with Crippen LogP contribution in [-0.2, 0) is 0 Å². The second-order valence-corrected chi connectivity index (χ2v) is 9.95. The molecule has 38 heavy (non-hydrogen) atoms. The Morgan fingerprint density at radius 2 is 1.03 bits per heavy atom. The fourth-order valence-electron chi connectivity index (χ4n) is 5.62. The van der Waals surface area contributed by atoms with Crippen LogP contribution in [-0.4, -0.2) is 0 Å². The van der Waals surface area contributed by atoms with E-state index in [1.54, 1.807) is 0 Å². The molecule has 0 aliphatic heterocycles. The van der Waals surface area contributed by atoms with Crippen molar-refractivity contribution in [1.82, 2.24) is 0 Å². The molecule has 0 aliphatic rings. The second-order valence-electron chi connectivity index (χ2n) is 9.95. The normalized spacial score (nSPS) is 11.3. The third-order valence-electron chi connectivity index (χ3n) is 7.44. The summed E-state index contributed by atoms with van der Waals surface area (Å²) in [5.41, 5.74) is 7.18. The van der Waals surface area contributed by atoms with Crippen LogP contribution < -0.4 is 4.90 Å². The first-order valence-corrected chi connectivity index (χ1v) is 13.1. The Balaban J connectivity index is 1.52. The molecule has 1 heteroatoms. The number of benzene rings is 7. The summed E-state index contributed by atoms with van der Waals surface area (Å²) in [6.45, 7) is 2.16. The second kappa shape index (κ2) is 9.21. The molecule has 0 saturated carbocycles. The first-order valence-electron chi connectivity index (χ1n) is 13.1. The minimum atomic E-state index is 1.15. The van der Waals surface area contributed by atoms with Crippen LogP contribution in [0.2, 0.25) is 0 Å². The van der Waals surface area contributed by atoms with Crippen molar-refractivity contribution in [3.63, 3.8) is 0 Å². The van der Waals surface area contributed by atoms with E-state index in [9.17, 15) is 0 Å². The molecular weight excluding hydrogens is 458 g/mol. The van der Waals surface area contributed by atoms with E-state index >= 15 is 0 Å². The third kappa shape index (κ3) is 3.90. The molecule has 0 N–H and O–H groups in total. The van der Waals surface area contributed by atoms with E-state index in [0.717, 1.165) is 11.4 Å². The van der Waals surface area contributed by atoms with Crippen LogP contribution in [0.1, 0.15) is 5.56 Å². The smallest absolute Gasteiger partial charge is 0.0546 e. The fraction of sp³-hybridized carbons (Fsp3) is 0.0270. The van der Waals surface area contributed by atoms with E-state index in [1.807, 2.05) is 0 Å². The minimum absolute atomic E-state index is 1.15. The van der Waals surface area contributed by atoms with Crippen molar-refractivity contribution in [1.29, 1.82) is 0 Å². The van der Waals surface area contributed by atoms with Crippen LogP contribution in [0.25, 0.3) is 43.4 Å². The highest BCUT2D eigenvalue weighted by Crippen LogP contribution is 2.43. The van der Waals surface area contributed by atoms with Gasteiger partial charge in [0.1, 0.15) is 0 Å². The van der Waals surface area contributed by atoms with E-state index in [2.05, 4.69) is 157 Å². The van der Waals surface area contributed by atoms with Crippen LogP contribution in [0.4, 0.5) is 17.1 Å². The molecule has 0 spiro atoms. The van der Waals surface area contributed by atoms with Gasteiger partial charge in [-0.2, -0.15) is 0 Å². The van der Waals surface area contributed by atoms with Gasteiger partial charge in [0.2, 0.25) is 0 Å². The summed E-state index contributed by atoms with van der Waals surface area (Å²) >= 11 is 0. The van der Waals surface area contributed by atoms with Crippen molar-refractivity contribution in [2.24, 2.45) is 0 Å². The number of anilines is 3. The SMILES string of the molecule is Cc1cccc(N(c2ccc3ccccc3c2)c2cccc3cccc(-c4ccc5ccccc5c4)c23)c1. The lowest BCUT2D eigenvalue weighted by Gasteiger charge is -2.28. The van der Waals surface area contributed by atoms with Gasteiger partial charge in [0.25, 0.3) is 0 Å². The minimum Gasteiger partial charge on any atom is -0.310 e. The Labute approximate surface area is 223 Å². The number of hydrogen-bond acceptors (Lipinski definition) is 1. The first-order chi connectivity index (χ1) is 18.7. The maximum Gasteiger partial charge on any atom is 0.0546 e. The molecule has 0 bridgehead atoms. The molecule has 0 aliphatic carbocycles. The van der Waals surface area contributed by atoms with Gasteiger partial charge >= 0.3 is 0 Å². The van der Waals surface area contributed by atoms with Gasteiger partial charge in [0.05, 0.1) is 5.69 Å². The Hall–Kier alpha value is -4.88. The highest BCUT2D eigenvalue weighted by Gasteiger charge is 2.18. The fourth-order valence-corrected chi connectivity index (χ4v) is 5.62. The van der Waals surface area contributed by atoms with Gasteiger partial charge in [-0.3, -0.25) is 0 Å². The molecule has 180 valence electrons. The van der Waals surface area contributed by atoms with Crippen molar-refractivity contribution in [3.8, 4) is 11.1 Å². The molecule has 0 amide bonds. The lowest BCUT2D eigenvalue weighted by Crippen LogP contribution is -2.11. The molecule has 0 radical (unpaired) electrons. The topological polar surface area (TPSA) is 3.24 Å². The van der Waals surface area contributed by atoms with Gasteiger partial charge in [-0.05, 0) is 86.9 Å². The third-order valence-corrected chi connectivity index (χ3v) is 7.44. The Bertz CT molecular complexity index is 1940. The van der Waals surface area contributed by atoms with Crippen LogP contribution in [0.3, 0.4) is 0 Å². The largest absolute Gasteiger partial charge is 0.310 e. The van der Waals surface area contributed by atoms with Gasteiger partial charge in [-0.15, -0.1) is 0 Å². The maximum absolute atomic E-state index is 2.41. The van der Waals surface area contributed by atoms with Crippen LogP contribution in [0.5, 0.6) is 0 Å². The standard InChI is InChI=1S/C37H27N/c1-26-9-6-16-33(23-26)38(34-22-21-28-11-3-5-13-31(28)25-34)36-18-8-15-29-14-7-17-35(37(29)36)32-20-19-27-10-2-4-12-30(27)24-32/h2-25H,1H3. The molecular formula is C37H27N. The van der Waals surface area contributed by atoms with Gasteiger partial charge in [0.15, 0.2) is 0 Å². The van der Waals surface area contributed by atoms with E-state index in [4.69, 9.17) is 0 Å². The van der Waals surface area contributed by atoms with Crippen LogP contribution in [0.15, 0.2) is 146 Å². The Morgan fingerprint density at radius 1 is 0.421 bits per heavy atom.